The maximum atomic E-state index is 12.6. The molecule has 0 unspecified atom stereocenters. The highest BCUT2D eigenvalue weighted by Crippen LogP contribution is 2.22. The third-order valence-electron chi connectivity index (χ3n) is 4.12. The SMILES string of the molecule is CCNC(=NCc1cccc(S(=O)(=O)NC)c1)NCc1cc(C)ccc1OC(F)F.I. The number of rotatable bonds is 9. The summed E-state index contributed by atoms with van der Waals surface area (Å²) < 4.78 is 56.1. The molecule has 0 aliphatic carbocycles. The van der Waals surface area contributed by atoms with E-state index in [2.05, 4.69) is 25.1 Å². The summed E-state index contributed by atoms with van der Waals surface area (Å²) in [6.45, 7) is 1.90. The molecule has 0 fully saturated rings. The minimum atomic E-state index is -3.54. The molecule has 2 rings (SSSR count). The summed E-state index contributed by atoms with van der Waals surface area (Å²) >= 11 is 0. The normalized spacial score (nSPS) is 11.7. The van der Waals surface area contributed by atoms with Crippen molar-refractivity contribution in [1.29, 1.82) is 0 Å². The summed E-state index contributed by atoms with van der Waals surface area (Å²) in [7, 11) is -2.19. The molecule has 2 aromatic carbocycles. The Morgan fingerprint density at radius 1 is 1.16 bits per heavy atom. The molecule has 0 bridgehead atoms. The van der Waals surface area contributed by atoms with Crippen LogP contribution < -0.4 is 20.1 Å². The minimum Gasteiger partial charge on any atom is -0.434 e. The van der Waals surface area contributed by atoms with Crippen LogP contribution in [0.15, 0.2) is 52.4 Å². The predicted molar refractivity (Wildman–Crippen MR) is 128 cm³/mol. The van der Waals surface area contributed by atoms with E-state index in [1.165, 1.54) is 19.2 Å². The zero-order valence-corrected chi connectivity index (χ0v) is 20.6. The van der Waals surface area contributed by atoms with Crippen LogP contribution in [0.1, 0.15) is 23.6 Å². The second-order valence-corrected chi connectivity index (χ2v) is 8.28. The van der Waals surface area contributed by atoms with E-state index in [4.69, 9.17) is 0 Å². The van der Waals surface area contributed by atoms with Crippen LogP contribution in [-0.2, 0) is 23.1 Å². The Bertz CT molecular complexity index is 988. The zero-order chi connectivity index (χ0) is 22.1. The van der Waals surface area contributed by atoms with Gasteiger partial charge in [-0.05, 0) is 44.7 Å². The van der Waals surface area contributed by atoms with E-state index in [1.807, 2.05) is 13.8 Å². The third-order valence-corrected chi connectivity index (χ3v) is 5.53. The van der Waals surface area contributed by atoms with E-state index >= 15 is 0 Å². The van der Waals surface area contributed by atoms with Gasteiger partial charge in [0.25, 0.3) is 0 Å². The highest BCUT2D eigenvalue weighted by molar-refractivity contribution is 14.0. The third kappa shape index (κ3) is 8.57. The van der Waals surface area contributed by atoms with Crippen LogP contribution in [-0.4, -0.2) is 34.6 Å². The maximum absolute atomic E-state index is 12.6. The minimum absolute atomic E-state index is 0. The maximum Gasteiger partial charge on any atom is 0.387 e. The van der Waals surface area contributed by atoms with Gasteiger partial charge < -0.3 is 15.4 Å². The summed E-state index contributed by atoms with van der Waals surface area (Å²) in [5, 5.41) is 6.16. The highest BCUT2D eigenvalue weighted by Gasteiger charge is 2.12. The van der Waals surface area contributed by atoms with E-state index in [0.717, 1.165) is 5.56 Å². The summed E-state index contributed by atoms with van der Waals surface area (Å²) in [6, 6.07) is 11.5. The van der Waals surface area contributed by atoms with E-state index in [-0.39, 0.29) is 47.7 Å². The average molecular weight is 568 g/mol. The van der Waals surface area contributed by atoms with Gasteiger partial charge in [0.15, 0.2) is 5.96 Å². The van der Waals surface area contributed by atoms with E-state index in [9.17, 15) is 17.2 Å². The summed E-state index contributed by atoms with van der Waals surface area (Å²) in [6.07, 6.45) is 0. The first kappa shape index (κ1) is 27.0. The van der Waals surface area contributed by atoms with Crippen LogP contribution in [0.4, 0.5) is 8.78 Å². The molecule has 172 valence electrons. The molecule has 0 saturated carbocycles. The first-order valence-electron chi connectivity index (χ1n) is 9.34. The fourth-order valence-electron chi connectivity index (χ4n) is 2.68. The van der Waals surface area contributed by atoms with Crippen molar-refractivity contribution >= 4 is 40.0 Å². The number of hydrogen-bond acceptors (Lipinski definition) is 4. The molecule has 0 aliphatic rings. The van der Waals surface area contributed by atoms with Crippen molar-refractivity contribution in [3.05, 3.63) is 59.2 Å². The molecule has 2 aromatic rings. The Labute approximate surface area is 198 Å². The summed E-state index contributed by atoms with van der Waals surface area (Å²) in [4.78, 5) is 4.61. The summed E-state index contributed by atoms with van der Waals surface area (Å²) in [5.74, 6) is 0.563. The van der Waals surface area contributed by atoms with Gasteiger partial charge in [0.2, 0.25) is 10.0 Å². The molecule has 3 N–H and O–H groups in total. The lowest BCUT2D eigenvalue weighted by Gasteiger charge is -2.15. The number of hydrogen-bond donors (Lipinski definition) is 3. The van der Waals surface area contributed by atoms with E-state index in [1.54, 1.807) is 30.3 Å². The highest BCUT2D eigenvalue weighted by atomic mass is 127. The van der Waals surface area contributed by atoms with Gasteiger partial charge in [-0.2, -0.15) is 8.78 Å². The van der Waals surface area contributed by atoms with Gasteiger partial charge in [0.05, 0.1) is 11.4 Å². The lowest BCUT2D eigenvalue weighted by atomic mass is 10.1. The number of halogens is 3. The number of nitrogens with one attached hydrogen (secondary N) is 3. The van der Waals surface area contributed by atoms with Gasteiger partial charge in [-0.3, -0.25) is 0 Å². The van der Waals surface area contributed by atoms with Crippen molar-refractivity contribution < 1.29 is 21.9 Å². The van der Waals surface area contributed by atoms with Crippen LogP contribution in [0.2, 0.25) is 0 Å². The van der Waals surface area contributed by atoms with Gasteiger partial charge in [0.1, 0.15) is 5.75 Å². The monoisotopic (exact) mass is 568 g/mol. The van der Waals surface area contributed by atoms with Gasteiger partial charge in [-0.15, -0.1) is 24.0 Å². The van der Waals surface area contributed by atoms with Crippen LogP contribution in [0.3, 0.4) is 0 Å². The molecule has 0 amide bonds. The van der Waals surface area contributed by atoms with Crippen molar-refractivity contribution in [3.63, 3.8) is 0 Å². The van der Waals surface area contributed by atoms with Crippen LogP contribution in [0.5, 0.6) is 5.75 Å². The number of guanidine groups is 1. The molecular formula is C20H27F2IN4O3S. The van der Waals surface area contributed by atoms with E-state index < -0.39 is 16.6 Å². The Hall–Kier alpha value is -1.99. The molecule has 0 radical (unpaired) electrons. The van der Waals surface area contributed by atoms with Crippen LogP contribution in [0, 0.1) is 6.92 Å². The number of sulfonamides is 1. The standard InChI is InChI=1S/C20H26F2N4O3S.HI/c1-4-24-20(25-12-15-6-5-7-17(11-15)30(27,28)23-3)26-13-16-10-14(2)8-9-18(16)29-19(21)22;/h5-11,19,23H,4,12-13H2,1-3H3,(H2,24,25,26);1H. The molecule has 11 heteroatoms. The number of aliphatic imine (C=N–C) groups is 1. The second-order valence-electron chi connectivity index (χ2n) is 6.39. The second kappa shape index (κ2) is 12.8. The molecule has 0 spiro atoms. The van der Waals surface area contributed by atoms with Crippen molar-refractivity contribution in [2.75, 3.05) is 13.6 Å². The first-order valence-corrected chi connectivity index (χ1v) is 10.8. The number of alkyl halides is 2. The fraction of sp³-hybridized carbons (Fsp3) is 0.350. The van der Waals surface area contributed by atoms with Crippen molar-refractivity contribution in [3.8, 4) is 5.75 Å². The van der Waals surface area contributed by atoms with Crippen LogP contribution >= 0.6 is 24.0 Å². The quantitative estimate of drug-likeness (QED) is 0.245. The topological polar surface area (TPSA) is 91.8 Å². The average Bonchev–Trinajstić information content (AvgIpc) is 2.71. The Balaban J connectivity index is 0.00000480. The summed E-state index contributed by atoms with van der Waals surface area (Å²) in [5.41, 5.74) is 2.20. The number of nitrogens with zero attached hydrogens (tertiary/aromatic N) is 1. The van der Waals surface area contributed by atoms with Gasteiger partial charge >= 0.3 is 6.61 Å². The van der Waals surface area contributed by atoms with Gasteiger partial charge in [-0.25, -0.2) is 18.1 Å². The molecule has 0 aliphatic heterocycles. The smallest absolute Gasteiger partial charge is 0.387 e. The lowest BCUT2D eigenvalue weighted by molar-refractivity contribution is -0.0504. The molecule has 0 heterocycles. The largest absolute Gasteiger partial charge is 0.434 e. The predicted octanol–water partition coefficient (Wildman–Crippen LogP) is 3.38. The Kier molecular flexibility index (Phi) is 11.1. The van der Waals surface area contributed by atoms with Crippen molar-refractivity contribution in [2.45, 2.75) is 38.4 Å². The Morgan fingerprint density at radius 2 is 1.90 bits per heavy atom. The number of aryl methyl sites for hydroxylation is 1. The Morgan fingerprint density at radius 3 is 2.55 bits per heavy atom. The molecule has 0 atom stereocenters. The molecule has 0 aromatic heterocycles. The van der Waals surface area contributed by atoms with Gasteiger partial charge in [-0.1, -0.05) is 29.8 Å². The number of benzene rings is 2. The molecule has 31 heavy (non-hydrogen) atoms. The zero-order valence-electron chi connectivity index (χ0n) is 17.5. The molecular weight excluding hydrogens is 541 g/mol. The first-order chi connectivity index (χ1) is 14.2. The fourth-order valence-corrected chi connectivity index (χ4v) is 3.48. The van der Waals surface area contributed by atoms with Crippen molar-refractivity contribution in [1.82, 2.24) is 15.4 Å². The molecule has 0 saturated heterocycles. The van der Waals surface area contributed by atoms with Crippen LogP contribution in [0.25, 0.3) is 0 Å². The van der Waals surface area contributed by atoms with Crippen molar-refractivity contribution in [2.24, 2.45) is 4.99 Å². The van der Waals surface area contributed by atoms with Gasteiger partial charge in [0, 0.05) is 18.7 Å². The van der Waals surface area contributed by atoms with E-state index in [0.29, 0.717) is 23.6 Å². The molecule has 7 nitrogen and oxygen atoms in total. The lowest BCUT2D eigenvalue weighted by Crippen LogP contribution is -2.37. The number of ether oxygens (including phenoxy) is 1.